The molecule has 0 spiro atoms. The molecule has 2 rings (SSSR count). The summed E-state index contributed by atoms with van der Waals surface area (Å²) in [5.74, 6) is -2.64. The molecule has 0 saturated carbocycles. The second kappa shape index (κ2) is 9.70. The minimum atomic E-state index is -0.694. The van der Waals surface area contributed by atoms with Gasteiger partial charge in [-0.2, -0.15) is 0 Å². The molecular weight excluding hydrogens is 388 g/mol. The lowest BCUT2D eigenvalue weighted by atomic mass is 10.1. The number of ether oxygens (including phenoxy) is 3. The molecule has 2 heterocycles. The van der Waals surface area contributed by atoms with Gasteiger partial charge in [0.1, 0.15) is 15.6 Å². The summed E-state index contributed by atoms with van der Waals surface area (Å²) < 4.78 is 14.9. The molecule has 0 aliphatic carbocycles. The lowest BCUT2D eigenvalue weighted by Crippen LogP contribution is -2.22. The number of hydrogen-bond acceptors (Lipinski definition) is 8. The number of carbonyl (C=O) groups excluding carboxylic acids is 4. The van der Waals surface area contributed by atoms with Gasteiger partial charge in [0.15, 0.2) is 6.61 Å². The van der Waals surface area contributed by atoms with E-state index in [0.717, 1.165) is 11.3 Å². The number of thiophene rings is 1. The number of hydrogen-bond donors (Lipinski definition) is 2. The van der Waals surface area contributed by atoms with Crippen molar-refractivity contribution in [2.45, 2.75) is 20.8 Å². The third kappa shape index (κ3) is 4.97. The van der Waals surface area contributed by atoms with Crippen LogP contribution in [-0.4, -0.2) is 48.6 Å². The molecule has 0 bridgehead atoms. The molecule has 9 nitrogen and oxygen atoms in total. The smallest absolute Gasteiger partial charge is 0.355 e. The second-order valence-corrected chi connectivity index (χ2v) is 6.43. The molecule has 0 fully saturated rings. The predicted octanol–water partition coefficient (Wildman–Crippen LogP) is 2.53. The van der Waals surface area contributed by atoms with Crippen LogP contribution in [-0.2, 0) is 19.0 Å². The van der Waals surface area contributed by atoms with Gasteiger partial charge in [0.2, 0.25) is 0 Å². The van der Waals surface area contributed by atoms with Crippen molar-refractivity contribution in [1.29, 1.82) is 0 Å². The lowest BCUT2D eigenvalue weighted by molar-refractivity contribution is -0.119. The largest absolute Gasteiger partial charge is 0.462 e. The number of rotatable bonds is 8. The molecule has 28 heavy (non-hydrogen) atoms. The number of carbonyl (C=O) groups is 4. The van der Waals surface area contributed by atoms with Gasteiger partial charge in [-0.05, 0) is 38.5 Å². The van der Waals surface area contributed by atoms with Gasteiger partial charge in [0, 0.05) is 6.20 Å². The molecule has 10 heteroatoms. The van der Waals surface area contributed by atoms with Gasteiger partial charge in [0.05, 0.1) is 18.8 Å². The van der Waals surface area contributed by atoms with Crippen LogP contribution in [0.15, 0.2) is 18.3 Å². The topological polar surface area (TPSA) is 124 Å². The first-order valence-electron chi connectivity index (χ1n) is 8.46. The molecule has 2 N–H and O–H groups in total. The maximum atomic E-state index is 12.3. The maximum Gasteiger partial charge on any atom is 0.355 e. The first-order chi connectivity index (χ1) is 13.4. The first kappa shape index (κ1) is 21.2. The average molecular weight is 408 g/mol. The monoisotopic (exact) mass is 408 g/mol. The van der Waals surface area contributed by atoms with Crippen LogP contribution in [0.1, 0.15) is 49.9 Å². The number of H-pyrrole nitrogens is 1. The van der Waals surface area contributed by atoms with Gasteiger partial charge in [-0.3, -0.25) is 4.79 Å². The van der Waals surface area contributed by atoms with Crippen LogP contribution < -0.4 is 5.32 Å². The highest BCUT2D eigenvalue weighted by atomic mass is 32.1. The van der Waals surface area contributed by atoms with Crippen LogP contribution in [0.3, 0.4) is 0 Å². The van der Waals surface area contributed by atoms with E-state index in [2.05, 4.69) is 10.3 Å². The third-order valence-corrected chi connectivity index (χ3v) is 4.68. The molecule has 0 saturated heterocycles. The minimum absolute atomic E-state index is 0.0685. The molecule has 2 aromatic rings. The Bertz CT molecular complexity index is 871. The molecule has 150 valence electrons. The molecule has 0 unspecified atom stereocenters. The van der Waals surface area contributed by atoms with E-state index >= 15 is 0 Å². The van der Waals surface area contributed by atoms with Gasteiger partial charge in [-0.25, -0.2) is 14.4 Å². The van der Waals surface area contributed by atoms with Gasteiger partial charge in [-0.1, -0.05) is 0 Å². The molecule has 2 aromatic heterocycles. The van der Waals surface area contributed by atoms with E-state index in [0.29, 0.717) is 5.56 Å². The van der Waals surface area contributed by atoms with E-state index in [4.69, 9.17) is 14.2 Å². The van der Waals surface area contributed by atoms with Crippen LogP contribution in [0.5, 0.6) is 0 Å². The van der Waals surface area contributed by atoms with Gasteiger partial charge >= 0.3 is 17.9 Å². The van der Waals surface area contributed by atoms with Gasteiger partial charge in [0.25, 0.3) is 5.91 Å². The molecule has 0 aliphatic rings. The summed E-state index contributed by atoms with van der Waals surface area (Å²) in [4.78, 5) is 51.2. The Morgan fingerprint density at radius 3 is 2.32 bits per heavy atom. The number of nitrogens with one attached hydrogen (secondary N) is 2. The highest BCUT2D eigenvalue weighted by molar-refractivity contribution is 7.18. The van der Waals surface area contributed by atoms with Crippen molar-refractivity contribution in [2.75, 3.05) is 25.1 Å². The van der Waals surface area contributed by atoms with Crippen molar-refractivity contribution in [3.8, 4) is 0 Å². The summed E-state index contributed by atoms with van der Waals surface area (Å²) >= 11 is 0.895. The van der Waals surface area contributed by atoms with E-state index < -0.39 is 30.4 Å². The molecule has 0 aromatic carbocycles. The summed E-state index contributed by atoms with van der Waals surface area (Å²) in [6.07, 6.45) is 1.55. The quantitative estimate of drug-likeness (QED) is 0.508. The minimum Gasteiger partial charge on any atom is -0.462 e. The Labute approximate surface area is 165 Å². The normalized spacial score (nSPS) is 10.2. The van der Waals surface area contributed by atoms with E-state index in [-0.39, 0.29) is 34.3 Å². The molecule has 0 radical (unpaired) electrons. The van der Waals surface area contributed by atoms with Gasteiger partial charge in [-0.15, -0.1) is 11.3 Å². The first-order valence-corrected chi connectivity index (χ1v) is 9.28. The number of aromatic amines is 1. The maximum absolute atomic E-state index is 12.3. The zero-order valence-corrected chi connectivity index (χ0v) is 16.4. The van der Waals surface area contributed by atoms with Crippen molar-refractivity contribution in [2.24, 2.45) is 0 Å². The lowest BCUT2D eigenvalue weighted by Gasteiger charge is -2.07. The Morgan fingerprint density at radius 2 is 1.71 bits per heavy atom. The zero-order chi connectivity index (χ0) is 20.7. The molecule has 0 atom stereocenters. The molecule has 0 aliphatic heterocycles. The van der Waals surface area contributed by atoms with Crippen molar-refractivity contribution in [3.05, 3.63) is 40.0 Å². The van der Waals surface area contributed by atoms with Crippen molar-refractivity contribution >= 4 is 40.2 Å². The van der Waals surface area contributed by atoms with Crippen molar-refractivity contribution < 1.29 is 33.4 Å². The van der Waals surface area contributed by atoms with Crippen LogP contribution in [0.25, 0.3) is 0 Å². The summed E-state index contributed by atoms with van der Waals surface area (Å²) in [5.41, 5.74) is 0.621. The summed E-state index contributed by atoms with van der Waals surface area (Å²) in [6, 6.07) is 3.13. The van der Waals surface area contributed by atoms with Gasteiger partial charge < -0.3 is 24.5 Å². The standard InChI is InChI=1S/C18H20N2O7S/c1-4-25-17(23)13-10(3)14(18(24)26-5-2)28-15(13)20-12(21)9-27-16(22)11-7-6-8-19-11/h6-8,19H,4-5,9H2,1-3H3,(H,20,21). The van der Waals surface area contributed by atoms with Crippen LogP contribution in [0.2, 0.25) is 0 Å². The van der Waals surface area contributed by atoms with E-state index in [1.807, 2.05) is 0 Å². The van der Waals surface area contributed by atoms with E-state index in [1.54, 1.807) is 33.0 Å². The number of anilines is 1. The summed E-state index contributed by atoms with van der Waals surface area (Å²) in [7, 11) is 0. The highest BCUT2D eigenvalue weighted by Crippen LogP contribution is 2.34. The summed E-state index contributed by atoms with van der Waals surface area (Å²) in [6.45, 7) is 4.60. The zero-order valence-electron chi connectivity index (χ0n) is 15.6. The fourth-order valence-corrected chi connectivity index (χ4v) is 3.38. The second-order valence-electron chi connectivity index (χ2n) is 5.41. The number of amides is 1. The third-order valence-electron chi connectivity index (χ3n) is 3.49. The average Bonchev–Trinajstić information content (AvgIpc) is 3.28. The Kier molecular flexibility index (Phi) is 7.33. The van der Waals surface area contributed by atoms with Crippen molar-refractivity contribution in [3.63, 3.8) is 0 Å². The van der Waals surface area contributed by atoms with Crippen LogP contribution >= 0.6 is 11.3 Å². The van der Waals surface area contributed by atoms with Crippen LogP contribution in [0, 0.1) is 6.92 Å². The Morgan fingerprint density at radius 1 is 1.04 bits per heavy atom. The summed E-state index contributed by atoms with van der Waals surface area (Å²) in [5, 5.41) is 2.62. The van der Waals surface area contributed by atoms with E-state index in [1.165, 1.54) is 6.07 Å². The van der Waals surface area contributed by atoms with E-state index in [9.17, 15) is 19.2 Å². The SMILES string of the molecule is CCOC(=O)c1sc(NC(=O)COC(=O)c2ccc[nH]2)c(C(=O)OCC)c1C. The molecular formula is C18H20N2O7S. The Balaban J connectivity index is 2.16. The number of aromatic nitrogens is 1. The van der Waals surface area contributed by atoms with Crippen molar-refractivity contribution in [1.82, 2.24) is 4.98 Å². The predicted molar refractivity (Wildman–Crippen MR) is 101 cm³/mol. The fourth-order valence-electron chi connectivity index (χ4n) is 2.27. The van der Waals surface area contributed by atoms with Crippen LogP contribution in [0.4, 0.5) is 5.00 Å². The molecule has 1 amide bonds. The Hall–Kier alpha value is -3.14. The highest BCUT2D eigenvalue weighted by Gasteiger charge is 2.27. The number of esters is 3. The fraction of sp³-hybridized carbons (Fsp3) is 0.333.